The molecular weight excluding hydrogens is 363 g/mol. The van der Waals surface area contributed by atoms with E-state index in [1.54, 1.807) is 0 Å². The van der Waals surface area contributed by atoms with Crippen LogP contribution in [0.5, 0.6) is 0 Å². The molecule has 2 aromatic heterocycles. The zero-order valence-electron chi connectivity index (χ0n) is 14.8. The van der Waals surface area contributed by atoms with Crippen molar-refractivity contribution in [2.75, 3.05) is 5.32 Å². The number of anilines is 1. The summed E-state index contributed by atoms with van der Waals surface area (Å²) in [5, 5.41) is 10.5. The van der Waals surface area contributed by atoms with Gasteiger partial charge in [-0.3, -0.25) is 14.2 Å². The third kappa shape index (κ3) is 3.37. The Hall–Kier alpha value is -3.88. The van der Waals surface area contributed by atoms with Crippen LogP contribution < -0.4 is 10.9 Å². The van der Waals surface area contributed by atoms with E-state index >= 15 is 0 Å². The van der Waals surface area contributed by atoms with Gasteiger partial charge in [0.15, 0.2) is 11.2 Å². The number of nitrogens with one attached hydrogen (secondary N) is 1. The van der Waals surface area contributed by atoms with Gasteiger partial charge in [-0.05, 0) is 48.9 Å². The average molecular weight is 378 g/mol. The molecule has 28 heavy (non-hydrogen) atoms. The van der Waals surface area contributed by atoms with Gasteiger partial charge >= 0.3 is 0 Å². The number of carbonyl (C=O) groups is 1. The van der Waals surface area contributed by atoms with Crippen molar-refractivity contribution >= 4 is 22.8 Å². The van der Waals surface area contributed by atoms with Crippen LogP contribution in [-0.4, -0.2) is 30.5 Å². The highest BCUT2D eigenvalue weighted by molar-refractivity contribution is 5.90. The molecule has 8 nitrogen and oxygen atoms in total. The summed E-state index contributed by atoms with van der Waals surface area (Å²) < 4.78 is 15.6. The number of amides is 1. The van der Waals surface area contributed by atoms with Gasteiger partial charge in [-0.25, -0.2) is 9.37 Å². The van der Waals surface area contributed by atoms with Crippen LogP contribution in [0.1, 0.15) is 5.56 Å². The zero-order chi connectivity index (χ0) is 19.7. The summed E-state index contributed by atoms with van der Waals surface area (Å²) in [5.41, 5.74) is 2.11. The summed E-state index contributed by atoms with van der Waals surface area (Å²) in [4.78, 5) is 29.1. The van der Waals surface area contributed by atoms with Crippen LogP contribution in [0.2, 0.25) is 0 Å². The predicted molar refractivity (Wildman–Crippen MR) is 101 cm³/mol. The quantitative estimate of drug-likeness (QED) is 0.587. The number of hydrogen-bond donors (Lipinski definition) is 1. The lowest BCUT2D eigenvalue weighted by Gasteiger charge is -2.07. The molecule has 0 aliphatic carbocycles. The molecule has 4 aromatic rings. The minimum Gasteiger partial charge on any atom is -0.325 e. The van der Waals surface area contributed by atoms with E-state index in [1.165, 1.54) is 35.3 Å². The Bertz CT molecular complexity index is 1230. The van der Waals surface area contributed by atoms with E-state index in [1.807, 2.05) is 31.2 Å². The highest BCUT2D eigenvalue weighted by atomic mass is 19.1. The number of hydrogen-bond acceptors (Lipinski definition) is 5. The fourth-order valence-corrected chi connectivity index (χ4v) is 2.78. The first kappa shape index (κ1) is 17.5. The Kier molecular flexibility index (Phi) is 4.40. The van der Waals surface area contributed by atoms with Crippen LogP contribution in [0.25, 0.3) is 16.9 Å². The summed E-state index contributed by atoms with van der Waals surface area (Å²) in [6.45, 7) is 1.69. The predicted octanol–water partition coefficient (Wildman–Crippen LogP) is 2.06. The first-order chi connectivity index (χ1) is 13.5. The van der Waals surface area contributed by atoms with Crippen molar-refractivity contribution in [2.24, 2.45) is 0 Å². The van der Waals surface area contributed by atoms with Gasteiger partial charge in [0.1, 0.15) is 18.7 Å². The first-order valence-electron chi connectivity index (χ1n) is 8.44. The molecule has 0 bridgehead atoms. The third-order valence-corrected chi connectivity index (χ3v) is 4.12. The second-order valence-corrected chi connectivity index (χ2v) is 6.25. The molecule has 0 aliphatic heterocycles. The van der Waals surface area contributed by atoms with Crippen molar-refractivity contribution in [3.05, 3.63) is 76.6 Å². The molecule has 2 heterocycles. The van der Waals surface area contributed by atoms with E-state index in [2.05, 4.69) is 20.6 Å². The standard InChI is InChI=1S/C19H15FN6O2/c1-12-3-2-4-15(9-12)26-18-17(23-24-26)19(28)25(11-21-18)10-16(27)22-14-7-5-13(20)6-8-14/h2-9,11H,10H2,1H3,(H,22,27). The van der Waals surface area contributed by atoms with E-state index in [0.29, 0.717) is 11.3 Å². The van der Waals surface area contributed by atoms with Gasteiger partial charge in [-0.2, -0.15) is 4.68 Å². The van der Waals surface area contributed by atoms with Crippen LogP contribution in [0, 0.1) is 12.7 Å². The molecular formula is C19H15FN6O2. The average Bonchev–Trinajstić information content (AvgIpc) is 3.11. The summed E-state index contributed by atoms with van der Waals surface area (Å²) in [6.07, 6.45) is 1.28. The van der Waals surface area contributed by atoms with Crippen molar-refractivity contribution in [3.63, 3.8) is 0 Å². The lowest BCUT2D eigenvalue weighted by molar-refractivity contribution is -0.116. The first-order valence-corrected chi connectivity index (χ1v) is 8.44. The number of halogens is 1. The normalized spacial score (nSPS) is 10.9. The fourth-order valence-electron chi connectivity index (χ4n) is 2.78. The number of carbonyl (C=O) groups excluding carboxylic acids is 1. The Morgan fingerprint density at radius 3 is 2.71 bits per heavy atom. The number of nitrogens with zero attached hydrogens (tertiary/aromatic N) is 5. The Morgan fingerprint density at radius 2 is 1.96 bits per heavy atom. The molecule has 0 fully saturated rings. The molecule has 0 unspecified atom stereocenters. The molecule has 0 saturated heterocycles. The monoisotopic (exact) mass is 378 g/mol. The number of benzene rings is 2. The maximum atomic E-state index is 12.9. The van der Waals surface area contributed by atoms with E-state index < -0.39 is 17.3 Å². The molecule has 0 spiro atoms. The van der Waals surface area contributed by atoms with E-state index in [9.17, 15) is 14.0 Å². The molecule has 2 aromatic carbocycles. The SMILES string of the molecule is Cc1cccc(-n2nnc3c(=O)n(CC(=O)Nc4ccc(F)cc4)cnc32)c1. The molecule has 1 N–H and O–H groups in total. The van der Waals surface area contributed by atoms with Gasteiger partial charge in [0.25, 0.3) is 5.56 Å². The van der Waals surface area contributed by atoms with Crippen LogP contribution in [0.4, 0.5) is 10.1 Å². The Morgan fingerprint density at radius 1 is 1.18 bits per heavy atom. The third-order valence-electron chi connectivity index (χ3n) is 4.12. The maximum Gasteiger partial charge on any atom is 0.284 e. The number of aromatic nitrogens is 5. The van der Waals surface area contributed by atoms with Gasteiger partial charge in [0, 0.05) is 5.69 Å². The number of fused-ring (bicyclic) bond motifs is 1. The molecule has 0 saturated carbocycles. The lowest BCUT2D eigenvalue weighted by atomic mass is 10.2. The second kappa shape index (κ2) is 7.03. The van der Waals surface area contributed by atoms with E-state index in [-0.39, 0.29) is 12.1 Å². The van der Waals surface area contributed by atoms with Gasteiger partial charge in [-0.1, -0.05) is 17.3 Å². The molecule has 9 heteroatoms. The van der Waals surface area contributed by atoms with Crippen molar-refractivity contribution in [3.8, 4) is 5.69 Å². The van der Waals surface area contributed by atoms with E-state index in [4.69, 9.17) is 0 Å². The van der Waals surface area contributed by atoms with Crippen LogP contribution in [0.15, 0.2) is 59.7 Å². The fraction of sp³-hybridized carbons (Fsp3) is 0.105. The van der Waals surface area contributed by atoms with Crippen molar-refractivity contribution in [2.45, 2.75) is 13.5 Å². The van der Waals surface area contributed by atoms with Gasteiger partial charge < -0.3 is 5.32 Å². The highest BCUT2D eigenvalue weighted by Gasteiger charge is 2.15. The van der Waals surface area contributed by atoms with Crippen LogP contribution in [0.3, 0.4) is 0 Å². The molecule has 0 atom stereocenters. The Balaban J connectivity index is 1.61. The Labute approximate surface area is 158 Å². The molecule has 1 amide bonds. The smallest absolute Gasteiger partial charge is 0.284 e. The topological polar surface area (TPSA) is 94.7 Å². The van der Waals surface area contributed by atoms with Gasteiger partial charge in [0.05, 0.1) is 5.69 Å². The van der Waals surface area contributed by atoms with Crippen molar-refractivity contribution in [1.29, 1.82) is 0 Å². The second-order valence-electron chi connectivity index (χ2n) is 6.25. The maximum absolute atomic E-state index is 12.9. The highest BCUT2D eigenvalue weighted by Crippen LogP contribution is 2.13. The number of rotatable bonds is 4. The molecule has 140 valence electrons. The minimum atomic E-state index is -0.474. The summed E-state index contributed by atoms with van der Waals surface area (Å²) in [6, 6.07) is 12.9. The van der Waals surface area contributed by atoms with Gasteiger partial charge in [0.2, 0.25) is 5.91 Å². The zero-order valence-corrected chi connectivity index (χ0v) is 14.8. The summed E-state index contributed by atoms with van der Waals surface area (Å²) in [5.74, 6) is -0.846. The van der Waals surface area contributed by atoms with Gasteiger partial charge in [-0.15, -0.1) is 5.10 Å². The number of aryl methyl sites for hydroxylation is 1. The van der Waals surface area contributed by atoms with Crippen molar-refractivity contribution < 1.29 is 9.18 Å². The molecule has 0 aliphatic rings. The van der Waals surface area contributed by atoms with Crippen molar-refractivity contribution in [1.82, 2.24) is 24.5 Å². The van der Waals surface area contributed by atoms with E-state index in [0.717, 1.165) is 15.8 Å². The van der Waals surface area contributed by atoms with Crippen LogP contribution >= 0.6 is 0 Å². The lowest BCUT2D eigenvalue weighted by Crippen LogP contribution is -2.28. The molecule has 4 rings (SSSR count). The molecule has 0 radical (unpaired) electrons. The largest absolute Gasteiger partial charge is 0.325 e. The minimum absolute atomic E-state index is 0.0681. The van der Waals surface area contributed by atoms with Crippen LogP contribution in [-0.2, 0) is 11.3 Å². The summed E-state index contributed by atoms with van der Waals surface area (Å²) >= 11 is 0. The summed E-state index contributed by atoms with van der Waals surface area (Å²) in [7, 11) is 0.